The fourth-order valence-corrected chi connectivity index (χ4v) is 2.49. The summed E-state index contributed by atoms with van der Waals surface area (Å²) in [4.78, 5) is 4.75. The van der Waals surface area contributed by atoms with Gasteiger partial charge in [0.1, 0.15) is 0 Å². The van der Waals surface area contributed by atoms with Crippen molar-refractivity contribution in [1.82, 2.24) is 9.38 Å². The minimum Gasteiger partial charge on any atom is -0.493 e. The molecule has 0 aliphatic rings. The standard InChI is InChI=1S/C17H18N2O/c1-4-13-7-9-14(10-8-13)16-12(2)19-11-5-6-15(20-3)17(19)18-16/h5-11H,4H2,1-3H3. The first-order valence-corrected chi connectivity index (χ1v) is 6.85. The lowest BCUT2D eigenvalue weighted by molar-refractivity contribution is 0.417. The molecule has 20 heavy (non-hydrogen) atoms. The molecular weight excluding hydrogens is 248 g/mol. The van der Waals surface area contributed by atoms with Gasteiger partial charge in [0.2, 0.25) is 0 Å². The fraction of sp³-hybridized carbons (Fsp3) is 0.235. The van der Waals surface area contributed by atoms with Crippen molar-refractivity contribution in [3.8, 4) is 17.0 Å². The average molecular weight is 266 g/mol. The molecule has 0 spiro atoms. The minimum atomic E-state index is 0.798. The molecule has 0 atom stereocenters. The van der Waals surface area contributed by atoms with E-state index in [1.54, 1.807) is 7.11 Å². The zero-order chi connectivity index (χ0) is 14.1. The van der Waals surface area contributed by atoms with Crippen LogP contribution in [0.1, 0.15) is 18.2 Å². The summed E-state index contributed by atoms with van der Waals surface area (Å²) in [5, 5.41) is 0. The van der Waals surface area contributed by atoms with Gasteiger partial charge in [0.25, 0.3) is 0 Å². The highest BCUT2D eigenvalue weighted by atomic mass is 16.5. The molecule has 0 fully saturated rings. The highest BCUT2D eigenvalue weighted by molar-refractivity contribution is 5.69. The lowest BCUT2D eigenvalue weighted by Gasteiger charge is -2.02. The van der Waals surface area contributed by atoms with Gasteiger partial charge in [0, 0.05) is 17.5 Å². The second kappa shape index (κ2) is 5.00. The molecule has 2 aromatic heterocycles. The third-order valence-corrected chi connectivity index (χ3v) is 3.71. The SMILES string of the molecule is CCc1ccc(-c2nc3c(OC)cccn3c2C)cc1. The van der Waals surface area contributed by atoms with E-state index in [-0.39, 0.29) is 0 Å². The van der Waals surface area contributed by atoms with Crippen LogP contribution in [0, 0.1) is 6.92 Å². The van der Waals surface area contributed by atoms with Gasteiger partial charge in [-0.1, -0.05) is 31.2 Å². The highest BCUT2D eigenvalue weighted by Crippen LogP contribution is 2.28. The number of hydrogen-bond acceptors (Lipinski definition) is 2. The third-order valence-electron chi connectivity index (χ3n) is 3.71. The van der Waals surface area contributed by atoms with Crippen molar-refractivity contribution >= 4 is 5.65 Å². The molecule has 0 N–H and O–H groups in total. The summed E-state index contributed by atoms with van der Waals surface area (Å²) in [6.45, 7) is 4.25. The van der Waals surface area contributed by atoms with Gasteiger partial charge >= 0.3 is 0 Å². The largest absolute Gasteiger partial charge is 0.493 e. The Hall–Kier alpha value is -2.29. The molecule has 0 radical (unpaired) electrons. The summed E-state index contributed by atoms with van der Waals surface area (Å²) in [6.07, 6.45) is 3.07. The van der Waals surface area contributed by atoms with E-state index in [0.717, 1.165) is 34.8 Å². The van der Waals surface area contributed by atoms with Crippen LogP contribution in [0.2, 0.25) is 0 Å². The maximum absolute atomic E-state index is 5.38. The molecule has 3 aromatic rings. The predicted molar refractivity (Wildman–Crippen MR) is 81.3 cm³/mol. The summed E-state index contributed by atoms with van der Waals surface area (Å²) in [5.41, 5.74) is 5.49. The quantitative estimate of drug-likeness (QED) is 0.719. The van der Waals surface area contributed by atoms with Gasteiger partial charge < -0.3 is 9.14 Å². The van der Waals surface area contributed by atoms with E-state index in [1.165, 1.54) is 5.56 Å². The number of rotatable bonds is 3. The van der Waals surface area contributed by atoms with E-state index >= 15 is 0 Å². The van der Waals surface area contributed by atoms with Crippen LogP contribution in [0.15, 0.2) is 42.6 Å². The van der Waals surface area contributed by atoms with Crippen molar-refractivity contribution < 1.29 is 4.74 Å². The second-order valence-electron chi connectivity index (χ2n) is 4.87. The van der Waals surface area contributed by atoms with Crippen molar-refractivity contribution in [1.29, 1.82) is 0 Å². The number of fused-ring (bicyclic) bond motifs is 1. The van der Waals surface area contributed by atoms with Crippen LogP contribution in [0.25, 0.3) is 16.9 Å². The summed E-state index contributed by atoms with van der Waals surface area (Å²) in [7, 11) is 1.68. The normalized spacial score (nSPS) is 10.9. The third kappa shape index (κ3) is 1.95. The number of nitrogens with zero attached hydrogens (tertiary/aromatic N) is 2. The maximum Gasteiger partial charge on any atom is 0.180 e. The molecule has 0 saturated heterocycles. The molecular formula is C17H18N2O. The summed E-state index contributed by atoms with van der Waals surface area (Å²) in [6, 6.07) is 12.5. The minimum absolute atomic E-state index is 0.798. The van der Waals surface area contributed by atoms with Crippen molar-refractivity contribution in [3.05, 3.63) is 53.9 Å². The summed E-state index contributed by atoms with van der Waals surface area (Å²) >= 11 is 0. The maximum atomic E-state index is 5.38. The smallest absolute Gasteiger partial charge is 0.180 e. The van der Waals surface area contributed by atoms with E-state index in [0.29, 0.717) is 0 Å². The van der Waals surface area contributed by atoms with Crippen LogP contribution in [-0.4, -0.2) is 16.5 Å². The van der Waals surface area contributed by atoms with Crippen molar-refractivity contribution in [2.24, 2.45) is 0 Å². The summed E-state index contributed by atoms with van der Waals surface area (Å²) in [5.74, 6) is 0.798. The van der Waals surface area contributed by atoms with Crippen molar-refractivity contribution in [3.63, 3.8) is 0 Å². The molecule has 0 aliphatic carbocycles. The number of pyridine rings is 1. The number of hydrogen-bond donors (Lipinski definition) is 0. The van der Waals surface area contributed by atoms with Crippen LogP contribution in [0.5, 0.6) is 5.75 Å². The van der Waals surface area contributed by atoms with E-state index in [4.69, 9.17) is 9.72 Å². The molecule has 102 valence electrons. The highest BCUT2D eigenvalue weighted by Gasteiger charge is 2.13. The van der Waals surface area contributed by atoms with E-state index < -0.39 is 0 Å². The lowest BCUT2D eigenvalue weighted by Crippen LogP contribution is -1.90. The van der Waals surface area contributed by atoms with Crippen molar-refractivity contribution in [2.75, 3.05) is 7.11 Å². The van der Waals surface area contributed by atoms with E-state index in [2.05, 4.69) is 42.5 Å². The first-order chi connectivity index (χ1) is 9.74. The van der Waals surface area contributed by atoms with Gasteiger partial charge in [-0.15, -0.1) is 0 Å². The predicted octanol–water partition coefficient (Wildman–Crippen LogP) is 3.88. The number of imidazole rings is 1. The first-order valence-electron chi connectivity index (χ1n) is 6.85. The zero-order valence-corrected chi connectivity index (χ0v) is 12.1. The van der Waals surface area contributed by atoms with Crippen LogP contribution in [-0.2, 0) is 6.42 Å². The van der Waals surface area contributed by atoms with Gasteiger partial charge in [-0.05, 0) is 31.0 Å². The molecule has 3 rings (SSSR count). The first kappa shape index (κ1) is 12.7. The second-order valence-corrected chi connectivity index (χ2v) is 4.87. The Morgan fingerprint density at radius 2 is 1.90 bits per heavy atom. The zero-order valence-electron chi connectivity index (χ0n) is 12.1. The Labute approximate surface area is 118 Å². The van der Waals surface area contributed by atoms with Gasteiger partial charge in [-0.2, -0.15) is 0 Å². The van der Waals surface area contributed by atoms with E-state index in [1.807, 2.05) is 18.3 Å². The Morgan fingerprint density at radius 1 is 1.15 bits per heavy atom. The Bertz CT molecular complexity index is 742. The molecule has 0 unspecified atom stereocenters. The van der Waals surface area contributed by atoms with Gasteiger partial charge in [0.15, 0.2) is 11.4 Å². The Morgan fingerprint density at radius 3 is 2.55 bits per heavy atom. The molecule has 0 saturated carbocycles. The van der Waals surface area contributed by atoms with Gasteiger partial charge in [-0.25, -0.2) is 4.98 Å². The monoisotopic (exact) mass is 266 g/mol. The lowest BCUT2D eigenvalue weighted by atomic mass is 10.1. The Balaban J connectivity index is 2.18. The molecule has 3 heteroatoms. The number of ether oxygens (including phenoxy) is 1. The van der Waals surface area contributed by atoms with Gasteiger partial charge in [-0.3, -0.25) is 0 Å². The fourth-order valence-electron chi connectivity index (χ4n) is 2.49. The number of benzene rings is 1. The molecule has 0 amide bonds. The topological polar surface area (TPSA) is 26.5 Å². The van der Waals surface area contributed by atoms with Crippen LogP contribution in [0.3, 0.4) is 0 Å². The number of aryl methyl sites for hydroxylation is 2. The molecule has 3 nitrogen and oxygen atoms in total. The summed E-state index contributed by atoms with van der Waals surface area (Å²) < 4.78 is 7.46. The Kier molecular flexibility index (Phi) is 3.18. The molecule has 0 bridgehead atoms. The van der Waals surface area contributed by atoms with E-state index in [9.17, 15) is 0 Å². The van der Waals surface area contributed by atoms with Crippen molar-refractivity contribution in [2.45, 2.75) is 20.3 Å². The van der Waals surface area contributed by atoms with Crippen LogP contribution < -0.4 is 4.74 Å². The number of methoxy groups -OCH3 is 1. The molecule has 1 aromatic carbocycles. The molecule has 0 aliphatic heterocycles. The van der Waals surface area contributed by atoms with Crippen LogP contribution in [0.4, 0.5) is 0 Å². The number of aromatic nitrogens is 2. The molecule has 2 heterocycles. The van der Waals surface area contributed by atoms with Crippen LogP contribution >= 0.6 is 0 Å². The van der Waals surface area contributed by atoms with Gasteiger partial charge in [0.05, 0.1) is 12.8 Å². The average Bonchev–Trinajstić information content (AvgIpc) is 2.85.